The lowest BCUT2D eigenvalue weighted by Crippen LogP contribution is -2.41. The number of amides is 2. The topological polar surface area (TPSA) is 77.1 Å². The number of nitrogens with zero attached hydrogens (tertiary/aromatic N) is 1. The molecule has 7 nitrogen and oxygen atoms in total. The van der Waals surface area contributed by atoms with Gasteiger partial charge in [0.2, 0.25) is 12.7 Å². The number of benzene rings is 4. The van der Waals surface area contributed by atoms with Gasteiger partial charge in [-0.15, -0.1) is 0 Å². The SMILES string of the molecule is COc1ccc(CN(C(=O)Cc2ccccc2)C(C(=O)Nc2ccc3c(c2)OCO3)c2ccc(C(C)C)cc2)cc1. The fraction of sp³-hybridized carbons (Fsp3) is 0.235. The van der Waals surface area contributed by atoms with Crippen molar-refractivity contribution in [3.63, 3.8) is 0 Å². The van der Waals surface area contributed by atoms with E-state index in [4.69, 9.17) is 14.2 Å². The first kappa shape index (κ1) is 27.8. The van der Waals surface area contributed by atoms with Gasteiger partial charge in [0.25, 0.3) is 5.91 Å². The highest BCUT2D eigenvalue weighted by Gasteiger charge is 2.32. The second-order valence-electron chi connectivity index (χ2n) is 10.3. The van der Waals surface area contributed by atoms with Crippen LogP contribution >= 0.6 is 0 Å². The molecule has 7 heteroatoms. The van der Waals surface area contributed by atoms with E-state index < -0.39 is 6.04 Å². The van der Waals surface area contributed by atoms with Crippen molar-refractivity contribution in [2.24, 2.45) is 0 Å². The Morgan fingerprint density at radius 3 is 2.20 bits per heavy atom. The molecule has 0 saturated heterocycles. The summed E-state index contributed by atoms with van der Waals surface area (Å²) in [4.78, 5) is 29.8. The fourth-order valence-electron chi connectivity index (χ4n) is 4.84. The Balaban J connectivity index is 1.53. The van der Waals surface area contributed by atoms with Crippen LogP contribution in [0.3, 0.4) is 0 Å². The first-order chi connectivity index (χ1) is 19.9. The molecule has 0 fully saturated rings. The third-order valence-corrected chi connectivity index (χ3v) is 7.15. The lowest BCUT2D eigenvalue weighted by Gasteiger charge is -2.32. The Morgan fingerprint density at radius 2 is 1.51 bits per heavy atom. The van der Waals surface area contributed by atoms with Crippen LogP contribution in [0.25, 0.3) is 0 Å². The minimum Gasteiger partial charge on any atom is -0.497 e. The molecule has 1 aliphatic heterocycles. The highest BCUT2D eigenvalue weighted by Crippen LogP contribution is 2.35. The third kappa shape index (κ3) is 6.69. The Kier molecular flexibility index (Phi) is 8.53. The minimum atomic E-state index is -0.889. The van der Waals surface area contributed by atoms with Gasteiger partial charge in [-0.3, -0.25) is 9.59 Å². The second kappa shape index (κ2) is 12.6. The van der Waals surface area contributed by atoms with Crippen LogP contribution in [0.2, 0.25) is 0 Å². The Labute approximate surface area is 240 Å². The summed E-state index contributed by atoms with van der Waals surface area (Å²) in [6, 6.07) is 29.4. The summed E-state index contributed by atoms with van der Waals surface area (Å²) in [5.74, 6) is 1.76. The minimum absolute atomic E-state index is 0.140. The summed E-state index contributed by atoms with van der Waals surface area (Å²) >= 11 is 0. The van der Waals surface area contributed by atoms with E-state index in [2.05, 4.69) is 19.2 Å². The van der Waals surface area contributed by atoms with Crippen molar-refractivity contribution >= 4 is 17.5 Å². The molecule has 5 rings (SSSR count). The lowest BCUT2D eigenvalue weighted by molar-refractivity contribution is -0.139. The largest absolute Gasteiger partial charge is 0.497 e. The second-order valence-corrected chi connectivity index (χ2v) is 10.3. The lowest BCUT2D eigenvalue weighted by atomic mass is 9.97. The molecule has 1 aliphatic rings. The van der Waals surface area contributed by atoms with Crippen LogP contribution in [0.5, 0.6) is 17.2 Å². The zero-order valence-corrected chi connectivity index (χ0v) is 23.5. The fourth-order valence-corrected chi connectivity index (χ4v) is 4.84. The normalized spacial score (nSPS) is 12.6. The molecular weight excluding hydrogens is 516 g/mol. The average Bonchev–Trinajstić information content (AvgIpc) is 3.46. The van der Waals surface area contributed by atoms with E-state index in [1.807, 2.05) is 78.9 Å². The van der Waals surface area contributed by atoms with Crippen LogP contribution in [0.1, 0.15) is 48.1 Å². The Hall–Kier alpha value is -4.78. The number of anilines is 1. The summed E-state index contributed by atoms with van der Waals surface area (Å²) in [5, 5.41) is 3.02. The van der Waals surface area contributed by atoms with Crippen molar-refractivity contribution in [2.75, 3.05) is 19.2 Å². The maximum absolute atomic E-state index is 14.1. The maximum Gasteiger partial charge on any atom is 0.251 e. The van der Waals surface area contributed by atoms with Gasteiger partial charge in [0.05, 0.1) is 13.5 Å². The van der Waals surface area contributed by atoms with Crippen molar-refractivity contribution in [3.8, 4) is 17.2 Å². The molecule has 0 bridgehead atoms. The van der Waals surface area contributed by atoms with Gasteiger partial charge in [-0.25, -0.2) is 0 Å². The van der Waals surface area contributed by atoms with Crippen molar-refractivity contribution in [1.82, 2.24) is 4.90 Å². The van der Waals surface area contributed by atoms with Gasteiger partial charge in [0.15, 0.2) is 11.5 Å². The van der Waals surface area contributed by atoms with E-state index in [-0.39, 0.29) is 31.6 Å². The number of methoxy groups -OCH3 is 1. The maximum atomic E-state index is 14.1. The number of carbonyl (C=O) groups is 2. The number of fused-ring (bicyclic) bond motifs is 1. The summed E-state index contributed by atoms with van der Waals surface area (Å²) in [6.45, 7) is 4.62. The predicted molar refractivity (Wildman–Crippen MR) is 158 cm³/mol. The molecule has 0 aliphatic carbocycles. The summed E-state index contributed by atoms with van der Waals surface area (Å²) in [7, 11) is 1.61. The van der Waals surface area contributed by atoms with Gasteiger partial charge < -0.3 is 24.4 Å². The summed E-state index contributed by atoms with van der Waals surface area (Å²) in [5.41, 5.74) is 4.20. The first-order valence-corrected chi connectivity index (χ1v) is 13.7. The molecule has 4 aromatic carbocycles. The molecule has 2 amide bonds. The van der Waals surface area contributed by atoms with Gasteiger partial charge in [0, 0.05) is 18.3 Å². The first-order valence-electron chi connectivity index (χ1n) is 13.7. The van der Waals surface area contributed by atoms with E-state index in [1.54, 1.807) is 30.2 Å². The number of hydrogen-bond donors (Lipinski definition) is 1. The van der Waals surface area contributed by atoms with Crippen LogP contribution < -0.4 is 19.5 Å². The molecule has 1 heterocycles. The van der Waals surface area contributed by atoms with Crippen LogP contribution in [-0.2, 0) is 22.6 Å². The van der Waals surface area contributed by atoms with Crippen molar-refractivity contribution in [2.45, 2.75) is 38.8 Å². The molecular formula is C34H34N2O5. The Bertz CT molecular complexity index is 1480. The monoisotopic (exact) mass is 550 g/mol. The number of carbonyl (C=O) groups excluding carboxylic acids is 2. The molecule has 0 aromatic heterocycles. The van der Waals surface area contributed by atoms with Gasteiger partial charge in [-0.1, -0.05) is 80.6 Å². The number of ether oxygens (including phenoxy) is 3. The van der Waals surface area contributed by atoms with E-state index in [9.17, 15) is 9.59 Å². The molecule has 1 unspecified atom stereocenters. The van der Waals surface area contributed by atoms with E-state index in [0.717, 1.165) is 28.0 Å². The van der Waals surface area contributed by atoms with Gasteiger partial charge in [-0.05, 0) is 52.4 Å². The van der Waals surface area contributed by atoms with E-state index in [0.29, 0.717) is 23.1 Å². The van der Waals surface area contributed by atoms with Gasteiger partial charge in [-0.2, -0.15) is 0 Å². The molecule has 1 atom stereocenters. The molecule has 1 N–H and O–H groups in total. The highest BCUT2D eigenvalue weighted by molar-refractivity contribution is 5.98. The Morgan fingerprint density at radius 1 is 0.829 bits per heavy atom. The molecule has 0 saturated carbocycles. The number of hydrogen-bond acceptors (Lipinski definition) is 5. The molecule has 41 heavy (non-hydrogen) atoms. The summed E-state index contributed by atoms with van der Waals surface area (Å²) in [6.07, 6.45) is 0.162. The van der Waals surface area contributed by atoms with Crippen molar-refractivity contribution in [3.05, 3.63) is 119 Å². The third-order valence-electron chi connectivity index (χ3n) is 7.15. The van der Waals surface area contributed by atoms with Crippen molar-refractivity contribution in [1.29, 1.82) is 0 Å². The molecule has 210 valence electrons. The van der Waals surface area contributed by atoms with Crippen molar-refractivity contribution < 1.29 is 23.8 Å². The number of rotatable bonds is 10. The van der Waals surface area contributed by atoms with Crippen LogP contribution in [-0.4, -0.2) is 30.6 Å². The zero-order valence-electron chi connectivity index (χ0n) is 23.5. The predicted octanol–water partition coefficient (Wildman–Crippen LogP) is 6.50. The average molecular weight is 551 g/mol. The highest BCUT2D eigenvalue weighted by atomic mass is 16.7. The molecule has 4 aromatic rings. The molecule has 0 radical (unpaired) electrons. The van der Waals surface area contributed by atoms with Crippen LogP contribution in [0.4, 0.5) is 5.69 Å². The quantitative estimate of drug-likeness (QED) is 0.244. The smallest absolute Gasteiger partial charge is 0.251 e. The zero-order chi connectivity index (χ0) is 28.8. The van der Waals surface area contributed by atoms with Gasteiger partial charge in [0.1, 0.15) is 11.8 Å². The van der Waals surface area contributed by atoms with E-state index >= 15 is 0 Å². The molecule has 0 spiro atoms. The van der Waals surface area contributed by atoms with E-state index in [1.165, 1.54) is 0 Å². The standard InChI is InChI=1S/C34H34N2O5/c1-23(2)26-11-13-27(14-12-26)33(34(38)35-28-15-18-30-31(20-28)41-22-40-30)36(21-25-9-16-29(39-3)17-10-25)32(37)19-24-7-5-4-6-8-24/h4-18,20,23,33H,19,21-22H2,1-3H3,(H,35,38). The summed E-state index contributed by atoms with van der Waals surface area (Å²) < 4.78 is 16.2. The van der Waals surface area contributed by atoms with Crippen LogP contribution in [0.15, 0.2) is 97.1 Å². The van der Waals surface area contributed by atoms with Gasteiger partial charge >= 0.3 is 0 Å². The van der Waals surface area contributed by atoms with Crippen LogP contribution in [0, 0.1) is 0 Å². The number of nitrogens with one attached hydrogen (secondary N) is 1.